The van der Waals surface area contributed by atoms with E-state index in [1.165, 1.54) is 13.8 Å². The third kappa shape index (κ3) is 11.7. The molecule has 3 unspecified atom stereocenters. The van der Waals surface area contributed by atoms with Crippen molar-refractivity contribution in [1.29, 1.82) is 0 Å². The maximum absolute atomic E-state index is 11.7. The Hall–Kier alpha value is -0.580. The third-order valence-corrected chi connectivity index (χ3v) is 7.75. The summed E-state index contributed by atoms with van der Waals surface area (Å²) >= 11 is 0. The molecule has 0 radical (unpaired) electrons. The van der Waals surface area contributed by atoms with Crippen LogP contribution in [0.3, 0.4) is 0 Å². The Morgan fingerprint density at radius 3 is 1.57 bits per heavy atom. The van der Waals surface area contributed by atoms with Gasteiger partial charge in [0.05, 0.1) is 19.6 Å². The van der Waals surface area contributed by atoms with Gasteiger partial charge >= 0.3 is 22.8 Å². The zero-order chi connectivity index (χ0) is 23.4. The standard InChI is InChI=1S/C14H31N4O9P3/c1-13(29(21,22)26-4)16-7-10-18(9-6-15-12-28(19,20)25-3)11-8-17-14(2)30(23,24)27-5/h12H,6-11H2,1-5H3,(H,19,20)(H,21,22)(H,23,24). The minimum Gasteiger partial charge on any atom is -0.320 e. The highest BCUT2D eigenvalue weighted by Crippen LogP contribution is 2.43. The van der Waals surface area contributed by atoms with E-state index in [0.717, 1.165) is 27.3 Å². The SMILES string of the molecule is COP(=O)(O)C=NCCN(CCN=C(C)P(=O)(O)OC)CCN=C(C)P(=O)(O)OC. The minimum atomic E-state index is -3.89. The third-order valence-electron chi connectivity index (χ3n) is 3.86. The molecule has 30 heavy (non-hydrogen) atoms. The van der Waals surface area contributed by atoms with Crippen LogP contribution in [0.1, 0.15) is 13.8 Å². The maximum atomic E-state index is 11.7. The van der Waals surface area contributed by atoms with Crippen molar-refractivity contribution in [1.82, 2.24) is 4.90 Å². The van der Waals surface area contributed by atoms with E-state index in [9.17, 15) is 28.4 Å². The number of hydrogen-bond donors (Lipinski definition) is 3. The summed E-state index contributed by atoms with van der Waals surface area (Å²) in [5.41, 5.74) is -0.0565. The van der Waals surface area contributed by atoms with Crippen LogP contribution in [-0.4, -0.2) is 97.0 Å². The molecule has 0 spiro atoms. The molecular formula is C14H31N4O9P3. The summed E-state index contributed by atoms with van der Waals surface area (Å²) in [6, 6.07) is 0. The van der Waals surface area contributed by atoms with Gasteiger partial charge in [-0.25, -0.2) is 0 Å². The highest BCUT2D eigenvalue weighted by Gasteiger charge is 2.22. The predicted molar refractivity (Wildman–Crippen MR) is 116 cm³/mol. The summed E-state index contributed by atoms with van der Waals surface area (Å²) in [5, 5.41) is 0. The Morgan fingerprint density at radius 1 is 0.800 bits per heavy atom. The molecular weight excluding hydrogens is 461 g/mol. The maximum Gasteiger partial charge on any atom is 0.371 e. The molecule has 176 valence electrons. The molecule has 13 nitrogen and oxygen atoms in total. The van der Waals surface area contributed by atoms with Crippen LogP contribution in [0, 0.1) is 0 Å². The Kier molecular flexibility index (Phi) is 13.5. The fraction of sp³-hybridized carbons (Fsp3) is 0.786. The first-order valence-electron chi connectivity index (χ1n) is 8.73. The lowest BCUT2D eigenvalue weighted by molar-refractivity contribution is 0.297. The molecule has 0 bridgehead atoms. The second-order valence-corrected chi connectivity index (χ2v) is 11.7. The lowest BCUT2D eigenvalue weighted by Gasteiger charge is -2.20. The van der Waals surface area contributed by atoms with Crippen LogP contribution in [0.4, 0.5) is 0 Å². The van der Waals surface area contributed by atoms with Gasteiger partial charge in [0.25, 0.3) is 0 Å². The molecule has 3 N–H and O–H groups in total. The van der Waals surface area contributed by atoms with Gasteiger partial charge in [0.1, 0.15) is 16.9 Å². The lowest BCUT2D eigenvalue weighted by Crippen LogP contribution is -2.32. The van der Waals surface area contributed by atoms with Gasteiger partial charge in [-0.2, -0.15) is 0 Å². The largest absolute Gasteiger partial charge is 0.371 e. The van der Waals surface area contributed by atoms with Gasteiger partial charge in [-0.05, 0) is 13.8 Å². The van der Waals surface area contributed by atoms with Crippen molar-refractivity contribution in [2.24, 2.45) is 15.0 Å². The molecule has 0 aliphatic carbocycles. The predicted octanol–water partition coefficient (Wildman–Crippen LogP) is 1.65. The van der Waals surface area contributed by atoms with Crippen molar-refractivity contribution in [3.05, 3.63) is 0 Å². The van der Waals surface area contributed by atoms with E-state index in [0.29, 0.717) is 19.6 Å². The zero-order valence-electron chi connectivity index (χ0n) is 17.7. The fourth-order valence-corrected chi connectivity index (χ4v) is 3.39. The second-order valence-electron chi connectivity index (χ2n) is 5.87. The van der Waals surface area contributed by atoms with Crippen LogP contribution < -0.4 is 0 Å². The Morgan fingerprint density at radius 2 is 1.20 bits per heavy atom. The summed E-state index contributed by atoms with van der Waals surface area (Å²) < 4.78 is 48.2. The molecule has 0 saturated carbocycles. The van der Waals surface area contributed by atoms with Crippen molar-refractivity contribution >= 4 is 39.6 Å². The summed E-state index contributed by atoms with van der Waals surface area (Å²) in [7, 11) is -8.30. The average Bonchev–Trinajstić information content (AvgIpc) is 2.70. The molecule has 0 aliphatic rings. The first-order valence-corrected chi connectivity index (χ1v) is 13.5. The smallest absolute Gasteiger partial charge is 0.320 e. The highest BCUT2D eigenvalue weighted by molar-refractivity contribution is 7.71. The molecule has 0 amide bonds. The van der Waals surface area contributed by atoms with E-state index in [4.69, 9.17) is 0 Å². The molecule has 0 aromatic carbocycles. The van der Waals surface area contributed by atoms with Gasteiger partial charge in [0, 0.05) is 41.0 Å². The normalized spacial score (nSPS) is 19.6. The van der Waals surface area contributed by atoms with E-state index in [2.05, 4.69) is 28.5 Å². The van der Waals surface area contributed by atoms with Crippen molar-refractivity contribution in [2.75, 3.05) is 60.6 Å². The zero-order valence-corrected chi connectivity index (χ0v) is 20.4. The molecule has 0 aromatic rings. The van der Waals surface area contributed by atoms with Gasteiger partial charge < -0.3 is 28.3 Å². The Labute approximate surface area is 176 Å². The number of rotatable bonds is 15. The molecule has 3 atom stereocenters. The van der Waals surface area contributed by atoms with Gasteiger partial charge in [-0.1, -0.05) is 0 Å². The van der Waals surface area contributed by atoms with Crippen LogP contribution in [0.25, 0.3) is 0 Å². The lowest BCUT2D eigenvalue weighted by atomic mass is 10.4. The molecule has 16 heteroatoms. The summed E-state index contributed by atoms with van der Waals surface area (Å²) in [4.78, 5) is 42.2. The summed E-state index contributed by atoms with van der Waals surface area (Å²) in [6.07, 6.45) is 0. The van der Waals surface area contributed by atoms with Crippen molar-refractivity contribution in [3.63, 3.8) is 0 Å². The van der Waals surface area contributed by atoms with Gasteiger partial charge in [-0.3, -0.25) is 33.6 Å². The van der Waals surface area contributed by atoms with Gasteiger partial charge in [0.15, 0.2) is 0 Å². The van der Waals surface area contributed by atoms with Crippen LogP contribution in [0.15, 0.2) is 15.0 Å². The van der Waals surface area contributed by atoms with Crippen molar-refractivity contribution in [3.8, 4) is 0 Å². The van der Waals surface area contributed by atoms with Gasteiger partial charge in [0.2, 0.25) is 0 Å². The second kappa shape index (κ2) is 13.8. The monoisotopic (exact) mass is 492 g/mol. The van der Waals surface area contributed by atoms with Crippen LogP contribution in [-0.2, 0) is 27.3 Å². The minimum absolute atomic E-state index is 0.0283. The summed E-state index contributed by atoms with van der Waals surface area (Å²) in [5.74, 6) is 0.844. The first kappa shape index (κ1) is 29.4. The van der Waals surface area contributed by atoms with E-state index in [1.54, 1.807) is 0 Å². The number of nitrogens with zero attached hydrogens (tertiary/aromatic N) is 4. The summed E-state index contributed by atoms with van der Waals surface area (Å²) in [6.45, 7) is 4.37. The Bertz CT molecular complexity index is 728. The van der Waals surface area contributed by atoms with Crippen molar-refractivity contribution in [2.45, 2.75) is 13.8 Å². The van der Waals surface area contributed by atoms with E-state index >= 15 is 0 Å². The van der Waals surface area contributed by atoms with Gasteiger partial charge in [-0.15, -0.1) is 0 Å². The Balaban J connectivity index is 5.02. The molecule has 0 fully saturated rings. The highest BCUT2D eigenvalue weighted by atomic mass is 31.2. The molecule has 0 aromatic heterocycles. The quantitative estimate of drug-likeness (QED) is 0.225. The topological polar surface area (TPSA) is 180 Å². The molecule has 0 rings (SSSR count). The number of aliphatic imine (C=N–C) groups is 3. The molecule has 0 aliphatic heterocycles. The first-order chi connectivity index (χ1) is 13.8. The average molecular weight is 492 g/mol. The number of hydrogen-bond acceptors (Lipinski definition) is 10. The van der Waals surface area contributed by atoms with E-state index in [-0.39, 0.29) is 30.5 Å². The van der Waals surface area contributed by atoms with E-state index < -0.39 is 22.8 Å². The van der Waals surface area contributed by atoms with E-state index in [1.807, 2.05) is 4.90 Å². The molecule has 0 heterocycles. The fourth-order valence-electron chi connectivity index (χ4n) is 1.89. The van der Waals surface area contributed by atoms with Crippen LogP contribution >= 0.6 is 22.8 Å². The van der Waals surface area contributed by atoms with Crippen molar-refractivity contribution < 1.29 is 41.9 Å². The van der Waals surface area contributed by atoms with Crippen LogP contribution in [0.2, 0.25) is 0 Å². The molecule has 0 saturated heterocycles. The van der Waals surface area contributed by atoms with Crippen LogP contribution in [0.5, 0.6) is 0 Å².